The second-order valence-corrected chi connectivity index (χ2v) is 20.7. The minimum Gasteiger partial charge on any atom is -0.508 e. The van der Waals surface area contributed by atoms with E-state index in [1.807, 2.05) is 41.5 Å². The summed E-state index contributed by atoms with van der Waals surface area (Å²) in [5, 5.41) is 56.6. The Morgan fingerprint density at radius 3 is 1.31 bits per heavy atom. The molecule has 4 aromatic rings. The molecular formula is C55H72F2N4O7. The van der Waals surface area contributed by atoms with Crippen molar-refractivity contribution in [2.75, 3.05) is 39.4 Å². The van der Waals surface area contributed by atoms with Gasteiger partial charge in [-0.15, -0.1) is 0 Å². The summed E-state index contributed by atoms with van der Waals surface area (Å²) in [6.07, 6.45) is 1.30. The minimum atomic E-state index is -1.46. The molecule has 8 atom stereocenters. The molecule has 2 aliphatic rings. The normalized spacial score (nSPS) is 24.3. The van der Waals surface area contributed by atoms with Crippen molar-refractivity contribution in [3.05, 3.63) is 130 Å². The van der Waals surface area contributed by atoms with Gasteiger partial charge in [-0.3, -0.25) is 14.4 Å². The third kappa shape index (κ3) is 10.5. The van der Waals surface area contributed by atoms with E-state index in [1.165, 1.54) is 36.4 Å². The van der Waals surface area contributed by atoms with Crippen molar-refractivity contribution < 1.29 is 43.6 Å². The quantitative estimate of drug-likeness (QED) is 0.0419. The zero-order chi connectivity index (χ0) is 49.8. The second-order valence-electron chi connectivity index (χ2n) is 20.7. The van der Waals surface area contributed by atoms with E-state index in [2.05, 4.69) is 21.3 Å². The molecule has 2 heterocycles. The number of hydrogen-bond donors (Lipinski definition) is 8. The van der Waals surface area contributed by atoms with Crippen LogP contribution in [-0.2, 0) is 15.6 Å². The molecule has 0 amide bonds. The monoisotopic (exact) mass is 939 g/mol. The molecular weight excluding hydrogens is 867 g/mol. The third-order valence-corrected chi connectivity index (χ3v) is 15.1. The van der Waals surface area contributed by atoms with Gasteiger partial charge in [0.25, 0.3) is 0 Å². The molecule has 2 unspecified atom stereocenters. The van der Waals surface area contributed by atoms with Crippen molar-refractivity contribution in [3.63, 3.8) is 0 Å². The molecule has 368 valence electrons. The lowest BCUT2D eigenvalue weighted by molar-refractivity contribution is -0.135. The number of rotatable bonds is 20. The van der Waals surface area contributed by atoms with Gasteiger partial charge >= 0.3 is 0 Å². The van der Waals surface area contributed by atoms with Crippen LogP contribution in [0.1, 0.15) is 110 Å². The van der Waals surface area contributed by atoms with Crippen molar-refractivity contribution in [3.8, 4) is 11.5 Å². The molecule has 0 radical (unpaired) electrons. The summed E-state index contributed by atoms with van der Waals surface area (Å²) >= 11 is 0. The van der Waals surface area contributed by atoms with Gasteiger partial charge < -0.3 is 41.7 Å². The maximum atomic E-state index is 17.0. The number of halogens is 2. The molecule has 8 N–H and O–H groups in total. The first kappa shape index (κ1) is 52.5. The predicted molar refractivity (Wildman–Crippen MR) is 261 cm³/mol. The average Bonchev–Trinajstić information content (AvgIpc) is 3.31. The highest BCUT2D eigenvalue weighted by atomic mass is 19.1. The van der Waals surface area contributed by atoms with Gasteiger partial charge in [-0.25, -0.2) is 8.78 Å². The lowest BCUT2D eigenvalue weighted by atomic mass is 9.49. The fourth-order valence-electron chi connectivity index (χ4n) is 11.7. The van der Waals surface area contributed by atoms with Gasteiger partial charge in [0.05, 0.1) is 13.2 Å². The standard InChI is InChI=1S/C55H72F2N4O7/c1-9-37(60-52(5,6)31-62)25-54(41-19-13-21-47(56)33(41)3)43(49(66)35-15-11-17-39(64)23-35)27-58-29-45(54)51(68)46-30-59-28-44(50(67)36-16-12-18-40(65)24-36)55(46,42-20-14-22-48(57)34(42)4)26-38(10-2)61-53(7,8)32-63/h11-24,37-38,43-46,58-65H,9-10,25-32H2,1-8H3/t37?,38?,43-,44-,45+,46+,54+,55+/m1/s1. The van der Waals surface area contributed by atoms with Crippen molar-refractivity contribution in [1.82, 2.24) is 21.3 Å². The van der Waals surface area contributed by atoms with Crippen LogP contribution in [0.15, 0.2) is 84.9 Å². The molecule has 2 aliphatic heterocycles. The number of phenolic OH excluding ortho intramolecular Hbond substituents is 2. The van der Waals surface area contributed by atoms with Crippen LogP contribution in [-0.4, -0.2) is 100 Å². The smallest absolute Gasteiger partial charge is 0.168 e. The van der Waals surface area contributed by atoms with E-state index in [1.54, 1.807) is 62.4 Å². The number of Topliss-reactive ketones (excluding diaryl/α,β-unsaturated/α-hetero) is 3. The summed E-state index contributed by atoms with van der Waals surface area (Å²) < 4.78 is 32.7. The highest BCUT2D eigenvalue weighted by Crippen LogP contribution is 2.55. The zero-order valence-corrected chi connectivity index (χ0v) is 40.9. The van der Waals surface area contributed by atoms with Crippen LogP contribution in [0.3, 0.4) is 0 Å². The Balaban J connectivity index is 1.71. The highest BCUT2D eigenvalue weighted by molar-refractivity contribution is 6.02. The Bertz CT molecular complexity index is 2280. The van der Waals surface area contributed by atoms with E-state index in [4.69, 9.17) is 0 Å². The number of carbonyl (C=O) groups excluding carboxylic acids is 3. The average molecular weight is 939 g/mol. The lowest BCUT2D eigenvalue weighted by Crippen LogP contribution is -2.67. The number of piperidine rings is 2. The number of nitrogens with one attached hydrogen (secondary N) is 4. The number of aromatic hydroxyl groups is 2. The summed E-state index contributed by atoms with van der Waals surface area (Å²) in [6.45, 7) is 14.6. The Morgan fingerprint density at radius 2 is 0.971 bits per heavy atom. The molecule has 2 fully saturated rings. The van der Waals surface area contributed by atoms with Crippen LogP contribution in [0.5, 0.6) is 11.5 Å². The molecule has 0 aliphatic carbocycles. The van der Waals surface area contributed by atoms with Crippen LogP contribution in [0.2, 0.25) is 0 Å². The Hall–Kier alpha value is -4.89. The predicted octanol–water partition coefficient (Wildman–Crippen LogP) is 7.23. The zero-order valence-electron chi connectivity index (χ0n) is 40.9. The molecule has 0 saturated carbocycles. The molecule has 0 bridgehead atoms. The minimum absolute atomic E-state index is 0.0608. The van der Waals surface area contributed by atoms with E-state index >= 15 is 23.2 Å². The largest absolute Gasteiger partial charge is 0.508 e. The number of aliphatic hydroxyl groups excluding tert-OH is 2. The lowest BCUT2D eigenvalue weighted by Gasteiger charge is -2.56. The first-order valence-corrected chi connectivity index (χ1v) is 24.1. The first-order valence-electron chi connectivity index (χ1n) is 24.1. The Labute approximate surface area is 400 Å². The van der Waals surface area contributed by atoms with E-state index < -0.39 is 69.3 Å². The van der Waals surface area contributed by atoms with Gasteiger partial charge in [-0.05, 0) is 126 Å². The SMILES string of the molecule is CCC(C[C@]1(c2cccc(F)c2C)[C@@H](C(=O)c2cccc(O)c2)CNC[C@H]1C(=O)[C@@H]1CNC[C@H](C(=O)c2cccc(O)c2)[C@]1(CC(CC)NC(C)(C)CO)c1cccc(F)c1C)NC(C)(C)CO. The van der Waals surface area contributed by atoms with Gasteiger partial charge in [0.1, 0.15) is 28.9 Å². The molecule has 0 spiro atoms. The van der Waals surface area contributed by atoms with E-state index in [-0.39, 0.29) is 103 Å². The molecule has 11 nitrogen and oxygen atoms in total. The second kappa shape index (κ2) is 21.4. The topological polar surface area (TPSA) is 180 Å². The van der Waals surface area contributed by atoms with E-state index in [0.29, 0.717) is 24.0 Å². The Morgan fingerprint density at radius 1 is 0.618 bits per heavy atom. The summed E-state index contributed by atoms with van der Waals surface area (Å²) in [7, 11) is 0. The number of benzene rings is 4. The maximum absolute atomic E-state index is 17.0. The van der Waals surface area contributed by atoms with Crippen molar-refractivity contribution in [2.24, 2.45) is 23.7 Å². The molecule has 13 heteroatoms. The number of hydrogen-bond acceptors (Lipinski definition) is 11. The summed E-state index contributed by atoms with van der Waals surface area (Å²) in [4.78, 5) is 47.8. The fraction of sp³-hybridized carbons (Fsp3) is 0.509. The van der Waals surface area contributed by atoms with E-state index in [0.717, 1.165) is 0 Å². The third-order valence-electron chi connectivity index (χ3n) is 15.1. The van der Waals surface area contributed by atoms with Crippen molar-refractivity contribution >= 4 is 17.3 Å². The van der Waals surface area contributed by atoms with Crippen molar-refractivity contribution in [1.29, 1.82) is 0 Å². The fourth-order valence-corrected chi connectivity index (χ4v) is 11.7. The van der Waals surface area contributed by atoms with Crippen LogP contribution < -0.4 is 21.3 Å². The van der Waals surface area contributed by atoms with Gasteiger partial charge in [-0.2, -0.15) is 0 Å². The van der Waals surface area contributed by atoms with Crippen LogP contribution in [0.4, 0.5) is 8.78 Å². The van der Waals surface area contributed by atoms with Crippen LogP contribution in [0.25, 0.3) is 0 Å². The van der Waals surface area contributed by atoms with Crippen molar-refractivity contribution in [2.45, 2.75) is 115 Å². The molecule has 68 heavy (non-hydrogen) atoms. The van der Waals surface area contributed by atoms with Crippen LogP contribution in [0, 0.1) is 49.2 Å². The molecule has 0 aromatic heterocycles. The highest BCUT2D eigenvalue weighted by Gasteiger charge is 2.62. The first-order chi connectivity index (χ1) is 32.2. The van der Waals surface area contributed by atoms with Crippen LogP contribution >= 0.6 is 0 Å². The summed E-state index contributed by atoms with van der Waals surface area (Å²) in [5.74, 6) is -6.49. The van der Waals surface area contributed by atoms with Gasteiger partial charge in [0, 0.05) is 95.0 Å². The summed E-state index contributed by atoms with van der Waals surface area (Å²) in [6, 6.07) is 20.8. The maximum Gasteiger partial charge on any atom is 0.168 e. The van der Waals surface area contributed by atoms with E-state index in [9.17, 15) is 20.4 Å². The number of aliphatic hydroxyl groups is 2. The Kier molecular flexibility index (Phi) is 16.5. The number of carbonyl (C=O) groups is 3. The number of phenols is 2. The van der Waals surface area contributed by atoms with Gasteiger partial charge in [-0.1, -0.05) is 62.4 Å². The molecule has 4 aromatic carbocycles. The number of ketones is 3. The summed E-state index contributed by atoms with van der Waals surface area (Å²) in [5.41, 5.74) is -2.60. The molecule has 2 saturated heterocycles. The van der Waals surface area contributed by atoms with Gasteiger partial charge in [0.15, 0.2) is 11.6 Å². The van der Waals surface area contributed by atoms with Gasteiger partial charge in [0.2, 0.25) is 0 Å². The molecule has 6 rings (SSSR count).